The first-order valence-electron chi connectivity index (χ1n) is 6.52. The Labute approximate surface area is 94.8 Å². The summed E-state index contributed by atoms with van der Waals surface area (Å²) in [5.74, 6) is 0. The molecule has 1 fully saturated rings. The SMILES string of the molecule is CCCNCCCCC1CCC(C)(C)O1. The summed E-state index contributed by atoms with van der Waals surface area (Å²) in [6.45, 7) is 8.95. The molecule has 0 aromatic heterocycles. The van der Waals surface area contributed by atoms with Crippen LogP contribution in [0, 0.1) is 0 Å². The lowest BCUT2D eigenvalue weighted by atomic mass is 10.0. The number of nitrogens with one attached hydrogen (secondary N) is 1. The largest absolute Gasteiger partial charge is 0.372 e. The Morgan fingerprint density at radius 2 is 2.07 bits per heavy atom. The monoisotopic (exact) mass is 213 g/mol. The molecular formula is C13H27NO. The summed E-state index contributed by atoms with van der Waals surface area (Å²) < 4.78 is 5.96. The van der Waals surface area contributed by atoms with E-state index >= 15 is 0 Å². The van der Waals surface area contributed by atoms with Gasteiger partial charge in [0.15, 0.2) is 0 Å². The Bertz CT molecular complexity index is 168. The molecule has 0 amide bonds. The van der Waals surface area contributed by atoms with Gasteiger partial charge in [-0.1, -0.05) is 6.92 Å². The summed E-state index contributed by atoms with van der Waals surface area (Å²) in [7, 11) is 0. The molecule has 0 aromatic rings. The van der Waals surface area contributed by atoms with Crippen molar-refractivity contribution in [3.8, 4) is 0 Å². The summed E-state index contributed by atoms with van der Waals surface area (Å²) in [5.41, 5.74) is 0.144. The van der Waals surface area contributed by atoms with E-state index in [1.54, 1.807) is 0 Å². The van der Waals surface area contributed by atoms with Crippen molar-refractivity contribution in [1.82, 2.24) is 5.32 Å². The highest BCUT2D eigenvalue weighted by Gasteiger charge is 2.30. The van der Waals surface area contributed by atoms with E-state index in [4.69, 9.17) is 4.74 Å². The van der Waals surface area contributed by atoms with Gasteiger partial charge in [-0.2, -0.15) is 0 Å². The first kappa shape index (κ1) is 13.0. The minimum atomic E-state index is 0.144. The molecule has 2 heteroatoms. The van der Waals surface area contributed by atoms with E-state index < -0.39 is 0 Å². The zero-order valence-corrected chi connectivity index (χ0v) is 10.6. The van der Waals surface area contributed by atoms with Crippen LogP contribution >= 0.6 is 0 Å². The fourth-order valence-electron chi connectivity index (χ4n) is 2.20. The quantitative estimate of drug-likeness (QED) is 0.656. The van der Waals surface area contributed by atoms with Gasteiger partial charge in [-0.3, -0.25) is 0 Å². The Kier molecular flexibility index (Phi) is 5.62. The molecule has 1 aliphatic rings. The van der Waals surface area contributed by atoms with Crippen LogP contribution in [0.2, 0.25) is 0 Å². The Hall–Kier alpha value is -0.0800. The van der Waals surface area contributed by atoms with Crippen molar-refractivity contribution >= 4 is 0 Å². The third-order valence-electron chi connectivity index (χ3n) is 3.11. The lowest BCUT2D eigenvalue weighted by Gasteiger charge is -2.19. The number of hydrogen-bond acceptors (Lipinski definition) is 2. The van der Waals surface area contributed by atoms with Crippen molar-refractivity contribution in [3.05, 3.63) is 0 Å². The standard InChI is InChI=1S/C13H27NO/c1-4-10-14-11-6-5-7-12-8-9-13(2,3)15-12/h12,14H,4-11H2,1-3H3. The zero-order valence-electron chi connectivity index (χ0n) is 10.6. The van der Waals surface area contributed by atoms with Crippen LogP contribution in [0.1, 0.15) is 59.3 Å². The van der Waals surface area contributed by atoms with Gasteiger partial charge in [-0.25, -0.2) is 0 Å². The third-order valence-corrected chi connectivity index (χ3v) is 3.11. The molecule has 0 aromatic carbocycles. The molecular weight excluding hydrogens is 186 g/mol. The summed E-state index contributed by atoms with van der Waals surface area (Å²) in [4.78, 5) is 0. The Morgan fingerprint density at radius 1 is 1.27 bits per heavy atom. The van der Waals surface area contributed by atoms with E-state index in [1.807, 2.05) is 0 Å². The van der Waals surface area contributed by atoms with Gasteiger partial charge in [-0.15, -0.1) is 0 Å². The van der Waals surface area contributed by atoms with Crippen LogP contribution < -0.4 is 5.32 Å². The number of unbranched alkanes of at least 4 members (excludes halogenated alkanes) is 1. The van der Waals surface area contributed by atoms with E-state index in [1.165, 1.54) is 45.1 Å². The van der Waals surface area contributed by atoms with Crippen LogP contribution in [0.3, 0.4) is 0 Å². The average molecular weight is 213 g/mol. The van der Waals surface area contributed by atoms with Crippen molar-refractivity contribution in [2.75, 3.05) is 13.1 Å². The van der Waals surface area contributed by atoms with Crippen LogP contribution in [0.25, 0.3) is 0 Å². The van der Waals surface area contributed by atoms with Crippen molar-refractivity contribution < 1.29 is 4.74 Å². The first-order chi connectivity index (χ1) is 7.14. The number of hydrogen-bond donors (Lipinski definition) is 1. The van der Waals surface area contributed by atoms with E-state index in [0.29, 0.717) is 6.10 Å². The van der Waals surface area contributed by atoms with Crippen molar-refractivity contribution in [2.45, 2.75) is 71.0 Å². The highest BCUT2D eigenvalue weighted by Crippen LogP contribution is 2.31. The molecule has 1 N–H and O–H groups in total. The molecule has 15 heavy (non-hydrogen) atoms. The van der Waals surface area contributed by atoms with Gasteiger partial charge in [0.05, 0.1) is 11.7 Å². The zero-order chi connectivity index (χ0) is 11.1. The molecule has 0 spiro atoms. The second kappa shape index (κ2) is 6.49. The fourth-order valence-corrected chi connectivity index (χ4v) is 2.20. The van der Waals surface area contributed by atoms with E-state index in [-0.39, 0.29) is 5.60 Å². The minimum absolute atomic E-state index is 0.144. The lowest BCUT2D eigenvalue weighted by molar-refractivity contribution is -0.0190. The van der Waals surface area contributed by atoms with Crippen LogP contribution in [0.4, 0.5) is 0 Å². The molecule has 1 unspecified atom stereocenters. The van der Waals surface area contributed by atoms with Crippen LogP contribution in [0.15, 0.2) is 0 Å². The van der Waals surface area contributed by atoms with Gasteiger partial charge in [-0.05, 0) is 65.5 Å². The summed E-state index contributed by atoms with van der Waals surface area (Å²) in [6.07, 6.45) is 8.10. The fraction of sp³-hybridized carbons (Fsp3) is 1.00. The van der Waals surface area contributed by atoms with Crippen molar-refractivity contribution in [2.24, 2.45) is 0 Å². The van der Waals surface area contributed by atoms with E-state index in [9.17, 15) is 0 Å². The van der Waals surface area contributed by atoms with Crippen molar-refractivity contribution in [3.63, 3.8) is 0 Å². The molecule has 1 saturated heterocycles. The van der Waals surface area contributed by atoms with Gasteiger partial charge in [0.1, 0.15) is 0 Å². The van der Waals surface area contributed by atoms with Crippen LogP contribution in [-0.4, -0.2) is 24.8 Å². The molecule has 0 bridgehead atoms. The second-order valence-corrected chi connectivity index (χ2v) is 5.28. The van der Waals surface area contributed by atoms with Gasteiger partial charge in [0.25, 0.3) is 0 Å². The predicted molar refractivity (Wildman–Crippen MR) is 65.2 cm³/mol. The molecule has 1 rings (SSSR count). The highest BCUT2D eigenvalue weighted by atomic mass is 16.5. The molecule has 2 nitrogen and oxygen atoms in total. The molecule has 0 saturated carbocycles. The Balaban J connectivity index is 1.93. The maximum Gasteiger partial charge on any atom is 0.0631 e. The molecule has 90 valence electrons. The van der Waals surface area contributed by atoms with Gasteiger partial charge < -0.3 is 10.1 Å². The minimum Gasteiger partial charge on any atom is -0.372 e. The third kappa shape index (κ3) is 5.53. The topological polar surface area (TPSA) is 21.3 Å². The maximum absolute atomic E-state index is 5.96. The maximum atomic E-state index is 5.96. The van der Waals surface area contributed by atoms with E-state index in [0.717, 1.165) is 6.54 Å². The molecule has 0 radical (unpaired) electrons. The lowest BCUT2D eigenvalue weighted by Crippen LogP contribution is -2.20. The normalized spacial score (nSPS) is 24.6. The highest BCUT2D eigenvalue weighted by molar-refractivity contribution is 4.80. The molecule has 0 aliphatic carbocycles. The smallest absolute Gasteiger partial charge is 0.0631 e. The van der Waals surface area contributed by atoms with Gasteiger partial charge in [0.2, 0.25) is 0 Å². The summed E-state index contributed by atoms with van der Waals surface area (Å²) in [5, 5.41) is 3.44. The van der Waals surface area contributed by atoms with E-state index in [2.05, 4.69) is 26.1 Å². The summed E-state index contributed by atoms with van der Waals surface area (Å²) in [6, 6.07) is 0. The number of ether oxygens (including phenoxy) is 1. The van der Waals surface area contributed by atoms with Gasteiger partial charge >= 0.3 is 0 Å². The average Bonchev–Trinajstić information content (AvgIpc) is 2.52. The number of rotatable bonds is 7. The molecule has 1 atom stereocenters. The van der Waals surface area contributed by atoms with Crippen LogP contribution in [-0.2, 0) is 4.74 Å². The summed E-state index contributed by atoms with van der Waals surface area (Å²) >= 11 is 0. The van der Waals surface area contributed by atoms with Crippen LogP contribution in [0.5, 0.6) is 0 Å². The van der Waals surface area contributed by atoms with Gasteiger partial charge in [0, 0.05) is 0 Å². The first-order valence-corrected chi connectivity index (χ1v) is 6.52. The molecule has 1 heterocycles. The second-order valence-electron chi connectivity index (χ2n) is 5.28. The predicted octanol–water partition coefficient (Wildman–Crippen LogP) is 3.11. The van der Waals surface area contributed by atoms with Crippen molar-refractivity contribution in [1.29, 1.82) is 0 Å². The molecule has 1 aliphatic heterocycles. The Morgan fingerprint density at radius 3 is 2.67 bits per heavy atom.